The first-order chi connectivity index (χ1) is 7.15. The molecule has 2 N–H and O–H groups in total. The zero-order valence-corrected chi connectivity index (χ0v) is 10.9. The molecule has 1 rings (SSSR count). The van der Waals surface area contributed by atoms with Gasteiger partial charge in [-0.1, -0.05) is 23.2 Å². The second kappa shape index (κ2) is 7.68. The Morgan fingerprint density at radius 3 is 2.69 bits per heavy atom. The molecule has 0 unspecified atom stereocenters. The average Bonchev–Trinajstić information content (AvgIpc) is 2.17. The monoisotopic (exact) mass is 283 g/mol. The molecule has 0 aliphatic heterocycles. The van der Waals surface area contributed by atoms with Crippen molar-refractivity contribution in [2.75, 3.05) is 20.1 Å². The highest BCUT2D eigenvalue weighted by atomic mass is 35.5. The number of aromatic nitrogens is 1. The lowest BCUT2D eigenvalue weighted by Crippen LogP contribution is -2.30. The molecule has 0 atom stereocenters. The first kappa shape index (κ1) is 15.4. The molecule has 0 saturated carbocycles. The second-order valence-electron chi connectivity index (χ2n) is 2.85. The molecule has 0 fully saturated rings. The molecular weight excluding hydrogens is 272 g/mol. The SMILES string of the molecule is CNCCNC(=O)c1cnc(Cl)cc1Cl.Cl. The molecule has 1 aromatic heterocycles. The fourth-order valence-corrected chi connectivity index (χ4v) is 1.42. The minimum atomic E-state index is -0.251. The van der Waals surface area contributed by atoms with Crippen LogP contribution >= 0.6 is 35.6 Å². The maximum absolute atomic E-state index is 11.5. The molecule has 0 radical (unpaired) electrons. The number of amides is 1. The molecule has 0 aromatic carbocycles. The van der Waals surface area contributed by atoms with E-state index in [-0.39, 0.29) is 23.5 Å². The van der Waals surface area contributed by atoms with Crippen LogP contribution in [0.2, 0.25) is 10.2 Å². The number of carbonyl (C=O) groups is 1. The third-order valence-electron chi connectivity index (χ3n) is 1.73. The number of carbonyl (C=O) groups excluding carboxylic acids is 1. The summed E-state index contributed by atoms with van der Waals surface area (Å²) in [6.07, 6.45) is 1.36. The van der Waals surface area contributed by atoms with Gasteiger partial charge < -0.3 is 10.6 Å². The Hall–Kier alpha value is -0.550. The number of nitrogens with zero attached hydrogens (tertiary/aromatic N) is 1. The minimum absolute atomic E-state index is 0. The van der Waals surface area contributed by atoms with E-state index in [2.05, 4.69) is 15.6 Å². The first-order valence-electron chi connectivity index (χ1n) is 4.39. The molecule has 7 heteroatoms. The number of rotatable bonds is 4. The van der Waals surface area contributed by atoms with Crippen molar-refractivity contribution in [1.82, 2.24) is 15.6 Å². The van der Waals surface area contributed by atoms with E-state index in [1.165, 1.54) is 12.3 Å². The molecular formula is C9H12Cl3N3O. The molecule has 0 spiro atoms. The lowest BCUT2D eigenvalue weighted by atomic mass is 10.2. The van der Waals surface area contributed by atoms with Crippen molar-refractivity contribution >= 4 is 41.5 Å². The van der Waals surface area contributed by atoms with Crippen LogP contribution in [0.3, 0.4) is 0 Å². The van der Waals surface area contributed by atoms with Crippen LogP contribution in [0.25, 0.3) is 0 Å². The molecule has 1 aromatic rings. The maximum atomic E-state index is 11.5. The van der Waals surface area contributed by atoms with Gasteiger partial charge in [0.05, 0.1) is 10.6 Å². The number of halogens is 3. The topological polar surface area (TPSA) is 54.0 Å². The van der Waals surface area contributed by atoms with Crippen molar-refractivity contribution in [1.29, 1.82) is 0 Å². The Kier molecular flexibility index (Phi) is 7.42. The number of nitrogens with one attached hydrogen (secondary N) is 2. The summed E-state index contributed by atoms with van der Waals surface area (Å²) in [6.45, 7) is 1.23. The fraction of sp³-hybridized carbons (Fsp3) is 0.333. The second-order valence-corrected chi connectivity index (χ2v) is 3.64. The van der Waals surface area contributed by atoms with E-state index in [1.807, 2.05) is 7.05 Å². The van der Waals surface area contributed by atoms with Crippen molar-refractivity contribution in [2.45, 2.75) is 0 Å². The quantitative estimate of drug-likeness (QED) is 0.654. The lowest BCUT2D eigenvalue weighted by molar-refractivity contribution is 0.0954. The number of likely N-dealkylation sites (N-methyl/N-ethyl adjacent to an activating group) is 1. The van der Waals surface area contributed by atoms with Crippen LogP contribution in [0.5, 0.6) is 0 Å². The van der Waals surface area contributed by atoms with Gasteiger partial charge in [0.25, 0.3) is 5.91 Å². The number of pyridine rings is 1. The van der Waals surface area contributed by atoms with E-state index in [1.54, 1.807) is 0 Å². The molecule has 0 aliphatic rings. The fourth-order valence-electron chi connectivity index (χ4n) is 0.971. The number of hydrogen-bond donors (Lipinski definition) is 2. The van der Waals surface area contributed by atoms with Crippen molar-refractivity contribution in [3.8, 4) is 0 Å². The highest BCUT2D eigenvalue weighted by Crippen LogP contribution is 2.18. The van der Waals surface area contributed by atoms with Gasteiger partial charge in [0, 0.05) is 19.3 Å². The largest absolute Gasteiger partial charge is 0.351 e. The Bertz CT molecular complexity index is 360. The van der Waals surface area contributed by atoms with Gasteiger partial charge in [-0.25, -0.2) is 4.98 Å². The summed E-state index contributed by atoms with van der Waals surface area (Å²) in [6, 6.07) is 1.44. The smallest absolute Gasteiger partial charge is 0.254 e. The van der Waals surface area contributed by atoms with Crippen molar-refractivity contribution < 1.29 is 4.79 Å². The van der Waals surface area contributed by atoms with Gasteiger partial charge >= 0.3 is 0 Å². The van der Waals surface area contributed by atoms with Gasteiger partial charge in [-0.3, -0.25) is 4.79 Å². The average molecular weight is 285 g/mol. The van der Waals surface area contributed by atoms with Gasteiger partial charge in [0.2, 0.25) is 0 Å². The third kappa shape index (κ3) is 4.53. The Labute approximate surface area is 110 Å². The molecule has 16 heavy (non-hydrogen) atoms. The number of hydrogen-bond acceptors (Lipinski definition) is 3. The zero-order valence-electron chi connectivity index (χ0n) is 8.59. The van der Waals surface area contributed by atoms with E-state index in [4.69, 9.17) is 23.2 Å². The van der Waals surface area contributed by atoms with E-state index in [0.717, 1.165) is 0 Å². The molecule has 1 amide bonds. The summed E-state index contributed by atoms with van der Waals surface area (Å²) in [5.74, 6) is -0.251. The summed E-state index contributed by atoms with van der Waals surface area (Å²) >= 11 is 11.4. The first-order valence-corrected chi connectivity index (χ1v) is 5.14. The lowest BCUT2D eigenvalue weighted by Gasteiger charge is -2.05. The molecule has 4 nitrogen and oxygen atoms in total. The van der Waals surface area contributed by atoms with E-state index < -0.39 is 0 Å². The highest BCUT2D eigenvalue weighted by molar-refractivity contribution is 6.36. The van der Waals surface area contributed by atoms with Gasteiger partial charge in [0.15, 0.2) is 0 Å². The molecule has 1 heterocycles. The van der Waals surface area contributed by atoms with E-state index in [9.17, 15) is 4.79 Å². The van der Waals surface area contributed by atoms with Gasteiger partial charge in [-0.05, 0) is 13.1 Å². The van der Waals surface area contributed by atoms with Crippen LogP contribution in [0, 0.1) is 0 Å². The predicted molar refractivity (Wildman–Crippen MR) is 67.8 cm³/mol. The molecule has 0 aliphatic carbocycles. The van der Waals surface area contributed by atoms with Crippen LogP contribution in [0.15, 0.2) is 12.3 Å². The minimum Gasteiger partial charge on any atom is -0.351 e. The standard InChI is InChI=1S/C9H11Cl2N3O.ClH/c1-12-2-3-13-9(15)6-5-14-8(11)4-7(6)10;/h4-5,12H,2-3H2,1H3,(H,13,15);1H. The van der Waals surface area contributed by atoms with Gasteiger partial charge in [-0.15, -0.1) is 12.4 Å². The van der Waals surface area contributed by atoms with E-state index >= 15 is 0 Å². The van der Waals surface area contributed by atoms with Crippen LogP contribution in [-0.2, 0) is 0 Å². The normalized spacial score (nSPS) is 9.44. The summed E-state index contributed by atoms with van der Waals surface area (Å²) in [4.78, 5) is 15.3. The van der Waals surface area contributed by atoms with Gasteiger partial charge in [0.1, 0.15) is 5.15 Å². The van der Waals surface area contributed by atoms with Crippen molar-refractivity contribution in [2.24, 2.45) is 0 Å². The third-order valence-corrected chi connectivity index (χ3v) is 2.24. The van der Waals surface area contributed by atoms with Gasteiger partial charge in [-0.2, -0.15) is 0 Å². The molecule has 90 valence electrons. The summed E-state index contributed by atoms with van der Waals surface area (Å²) in [5.41, 5.74) is 0.331. The van der Waals surface area contributed by atoms with Crippen LogP contribution < -0.4 is 10.6 Å². The van der Waals surface area contributed by atoms with E-state index in [0.29, 0.717) is 23.7 Å². The summed E-state index contributed by atoms with van der Waals surface area (Å²) < 4.78 is 0. The predicted octanol–water partition coefficient (Wildman–Crippen LogP) is 1.76. The highest BCUT2D eigenvalue weighted by Gasteiger charge is 2.10. The van der Waals surface area contributed by atoms with Crippen LogP contribution in [-0.4, -0.2) is 31.0 Å². The molecule has 0 bridgehead atoms. The van der Waals surface area contributed by atoms with Crippen LogP contribution in [0.1, 0.15) is 10.4 Å². The summed E-state index contributed by atoms with van der Waals surface area (Å²) in [7, 11) is 1.81. The van der Waals surface area contributed by atoms with Crippen molar-refractivity contribution in [3.05, 3.63) is 28.0 Å². The Morgan fingerprint density at radius 2 is 2.12 bits per heavy atom. The van der Waals surface area contributed by atoms with Crippen LogP contribution in [0.4, 0.5) is 0 Å². The molecule has 0 saturated heterocycles. The van der Waals surface area contributed by atoms with Crippen molar-refractivity contribution in [3.63, 3.8) is 0 Å². The summed E-state index contributed by atoms with van der Waals surface area (Å²) in [5, 5.41) is 6.18. The Balaban J connectivity index is 0.00000225. The zero-order chi connectivity index (χ0) is 11.3. The Morgan fingerprint density at radius 1 is 1.44 bits per heavy atom. The maximum Gasteiger partial charge on any atom is 0.254 e.